The van der Waals surface area contributed by atoms with Gasteiger partial charge in [0.1, 0.15) is 36.8 Å². The number of carbonyl (C=O) groups is 2. The van der Waals surface area contributed by atoms with Crippen LogP contribution in [0.5, 0.6) is 0 Å². The maximum atomic E-state index is 12.8. The van der Waals surface area contributed by atoms with Crippen LogP contribution in [-0.2, 0) is 38.7 Å². The van der Waals surface area contributed by atoms with E-state index in [2.05, 4.69) is 62.5 Å². The molecule has 1 saturated heterocycles. The Kier molecular flexibility index (Phi) is 35.9. The first-order valence-electron chi connectivity index (χ1n) is 23.8. The molecule has 1 heterocycles. The lowest BCUT2D eigenvalue weighted by Crippen LogP contribution is -2.60. The van der Waals surface area contributed by atoms with E-state index in [0.29, 0.717) is 19.3 Å². The van der Waals surface area contributed by atoms with Crippen LogP contribution in [0.2, 0.25) is 0 Å². The van der Waals surface area contributed by atoms with Crippen molar-refractivity contribution < 1.29 is 56.8 Å². The van der Waals surface area contributed by atoms with E-state index in [-0.39, 0.29) is 19.4 Å². The third kappa shape index (κ3) is 32.9. The number of allylic oxidation sites excluding steroid dienone is 10. The van der Waals surface area contributed by atoms with Gasteiger partial charge in [-0.15, -0.1) is 0 Å². The molecule has 2 unspecified atom stereocenters. The molecule has 12 nitrogen and oxygen atoms in total. The van der Waals surface area contributed by atoms with Crippen LogP contribution in [0.4, 0.5) is 0 Å². The molecule has 6 atom stereocenters. The molecule has 1 fully saturated rings. The summed E-state index contributed by atoms with van der Waals surface area (Å²) in [5.74, 6) is -2.06. The number of esters is 2. The molecule has 13 heteroatoms. The van der Waals surface area contributed by atoms with Gasteiger partial charge in [-0.05, 0) is 51.4 Å². The Labute approximate surface area is 375 Å². The first-order valence-corrected chi connectivity index (χ1v) is 25.5. The largest absolute Gasteiger partial charge is 0.462 e. The minimum atomic E-state index is -4.61. The fourth-order valence-electron chi connectivity index (χ4n) is 6.95. The molecule has 62 heavy (non-hydrogen) atoms. The van der Waals surface area contributed by atoms with Crippen LogP contribution in [0.1, 0.15) is 181 Å². The van der Waals surface area contributed by atoms with E-state index in [0.717, 1.165) is 51.4 Å². The van der Waals surface area contributed by atoms with Gasteiger partial charge >= 0.3 is 11.9 Å². The smallest absolute Gasteiger partial charge is 0.306 e. The second-order valence-electron chi connectivity index (χ2n) is 16.4. The van der Waals surface area contributed by atoms with Gasteiger partial charge in [-0.3, -0.25) is 14.1 Å². The monoisotopic (exact) mass is 897 g/mol. The average molecular weight is 897 g/mol. The normalized spacial score (nSPS) is 20.4. The molecular weight excluding hydrogens is 813 g/mol. The van der Waals surface area contributed by atoms with E-state index < -0.39 is 71.2 Å². The zero-order valence-corrected chi connectivity index (χ0v) is 39.0. The van der Waals surface area contributed by atoms with E-state index in [1.54, 1.807) is 0 Å². The number of aliphatic hydroxyl groups excluding tert-OH is 3. The summed E-state index contributed by atoms with van der Waals surface area (Å²) in [7, 11) is -4.61. The Bertz CT molecular complexity index is 1370. The number of carbonyl (C=O) groups excluding carboxylic acids is 2. The second-order valence-corrected chi connectivity index (χ2v) is 17.9. The topological polar surface area (TPSA) is 186 Å². The Morgan fingerprint density at radius 2 is 1.02 bits per heavy atom. The minimum absolute atomic E-state index is 0.0852. The van der Waals surface area contributed by atoms with Crippen LogP contribution in [0.25, 0.3) is 0 Å². The summed E-state index contributed by atoms with van der Waals surface area (Å²) >= 11 is 0. The lowest BCUT2D eigenvalue weighted by Gasteiger charge is -2.40. The zero-order valence-electron chi connectivity index (χ0n) is 38.2. The van der Waals surface area contributed by atoms with Gasteiger partial charge in [0.15, 0.2) is 12.4 Å². The van der Waals surface area contributed by atoms with Crippen LogP contribution >= 0.6 is 0 Å². The molecular formula is C49H84O12S. The highest BCUT2D eigenvalue weighted by molar-refractivity contribution is 7.85. The quantitative estimate of drug-likeness (QED) is 0.0198. The maximum Gasteiger partial charge on any atom is 0.306 e. The third-order valence-corrected chi connectivity index (χ3v) is 11.4. The van der Waals surface area contributed by atoms with Gasteiger partial charge < -0.3 is 34.3 Å². The van der Waals surface area contributed by atoms with Gasteiger partial charge in [0, 0.05) is 12.8 Å². The van der Waals surface area contributed by atoms with Crippen molar-refractivity contribution in [3.63, 3.8) is 0 Å². The zero-order chi connectivity index (χ0) is 45.5. The van der Waals surface area contributed by atoms with E-state index in [9.17, 15) is 37.9 Å². The predicted octanol–water partition coefficient (Wildman–Crippen LogP) is 10.1. The Hall–Kier alpha value is -2.65. The van der Waals surface area contributed by atoms with Crippen molar-refractivity contribution in [1.29, 1.82) is 0 Å². The maximum absolute atomic E-state index is 12.8. The van der Waals surface area contributed by atoms with E-state index in [4.69, 9.17) is 18.9 Å². The van der Waals surface area contributed by atoms with Crippen molar-refractivity contribution in [3.05, 3.63) is 60.8 Å². The van der Waals surface area contributed by atoms with Crippen molar-refractivity contribution >= 4 is 22.1 Å². The number of rotatable bonds is 39. The highest BCUT2D eigenvalue weighted by atomic mass is 32.2. The van der Waals surface area contributed by atoms with Gasteiger partial charge in [-0.2, -0.15) is 8.42 Å². The number of unbranched alkanes of at least 4 members (excludes halogenated alkanes) is 17. The average Bonchev–Trinajstić information content (AvgIpc) is 3.24. The summed E-state index contributed by atoms with van der Waals surface area (Å²) in [6.07, 6.45) is 38.4. The number of ether oxygens (including phenoxy) is 4. The van der Waals surface area contributed by atoms with Gasteiger partial charge in [-0.25, -0.2) is 0 Å². The summed E-state index contributed by atoms with van der Waals surface area (Å²) in [6, 6.07) is 0. The molecule has 0 aromatic carbocycles. The van der Waals surface area contributed by atoms with Crippen LogP contribution in [-0.4, -0.2) is 96.0 Å². The molecule has 358 valence electrons. The summed E-state index contributed by atoms with van der Waals surface area (Å²) in [5, 5.41) is 30.9. The van der Waals surface area contributed by atoms with Crippen LogP contribution in [0, 0.1) is 0 Å². The van der Waals surface area contributed by atoms with E-state index in [1.165, 1.54) is 83.5 Å². The van der Waals surface area contributed by atoms with Crippen molar-refractivity contribution in [2.45, 2.75) is 218 Å². The summed E-state index contributed by atoms with van der Waals surface area (Å²) in [5.41, 5.74) is 0. The standard InChI is InChI=1S/C49H84O12S/c1-3-5-7-9-11-13-15-17-19-21-23-25-27-29-31-33-35-37-44(50)58-39-42(40-59-49-48(54)47(53)46(52)43(61-49)41-62(55,56)57)60-45(51)38-36-34-32-30-28-26-24-22-20-18-16-14-12-10-8-6-4-2/h6,8,12,14,18,20,24,26,30,32,42-43,46-49,52-54H,3-5,7,9-11,13,15-17,19,21-23,25,27-29,31,33-41H2,1-2H3,(H,55,56,57)/b8-6+,14-12+,20-18+,26-24+,32-30+/t42-,43-,46-,47?,48?,49+/m1/s1. The molecule has 1 aliphatic rings. The van der Waals surface area contributed by atoms with Crippen LogP contribution in [0.15, 0.2) is 60.8 Å². The SMILES string of the molecule is CC/C=C/C/C=C/C/C=C/C/C=C/C/C=C/CCCC(=O)O[C@H](COC(=O)CCCCCCCCCCCCCCCCCCC)CO[C@H]1O[C@H](CS(=O)(=O)O)[C@@H](O)C(O)C1O. The van der Waals surface area contributed by atoms with E-state index >= 15 is 0 Å². The highest BCUT2D eigenvalue weighted by Crippen LogP contribution is 2.24. The molecule has 4 N–H and O–H groups in total. The van der Waals surface area contributed by atoms with Gasteiger partial charge in [0.25, 0.3) is 10.1 Å². The summed E-state index contributed by atoms with van der Waals surface area (Å²) in [6.45, 7) is 3.61. The first-order chi connectivity index (χ1) is 30.0. The van der Waals surface area contributed by atoms with Crippen molar-refractivity contribution in [3.8, 4) is 0 Å². The molecule has 0 aromatic heterocycles. The fourth-order valence-corrected chi connectivity index (χ4v) is 7.64. The molecule has 1 aliphatic heterocycles. The van der Waals surface area contributed by atoms with Crippen molar-refractivity contribution in [2.75, 3.05) is 19.0 Å². The molecule has 1 rings (SSSR count). The first kappa shape index (κ1) is 57.4. The minimum Gasteiger partial charge on any atom is -0.462 e. The molecule has 0 bridgehead atoms. The third-order valence-electron chi connectivity index (χ3n) is 10.6. The van der Waals surface area contributed by atoms with Gasteiger partial charge in [0.2, 0.25) is 0 Å². The number of hydrogen-bond acceptors (Lipinski definition) is 11. The molecule has 0 aliphatic carbocycles. The van der Waals surface area contributed by atoms with E-state index in [1.807, 2.05) is 12.2 Å². The second kappa shape index (κ2) is 38.8. The number of hydrogen-bond donors (Lipinski definition) is 4. The highest BCUT2D eigenvalue weighted by Gasteiger charge is 2.46. The molecule has 0 aromatic rings. The van der Waals surface area contributed by atoms with Crippen molar-refractivity contribution in [1.82, 2.24) is 0 Å². The van der Waals surface area contributed by atoms with Gasteiger partial charge in [-0.1, -0.05) is 177 Å². The predicted molar refractivity (Wildman–Crippen MR) is 247 cm³/mol. The molecule has 0 saturated carbocycles. The molecule has 0 spiro atoms. The lowest BCUT2D eigenvalue weighted by molar-refractivity contribution is -0.297. The summed E-state index contributed by atoms with van der Waals surface area (Å²) in [4.78, 5) is 25.4. The number of aliphatic hydroxyl groups is 3. The fraction of sp³-hybridized carbons (Fsp3) is 0.755. The molecule has 0 amide bonds. The lowest BCUT2D eigenvalue weighted by atomic mass is 10.00. The summed E-state index contributed by atoms with van der Waals surface area (Å²) < 4.78 is 54.1. The molecule has 0 radical (unpaired) electrons. The van der Waals surface area contributed by atoms with Crippen molar-refractivity contribution in [2.24, 2.45) is 0 Å². The van der Waals surface area contributed by atoms with Gasteiger partial charge in [0.05, 0.1) is 6.61 Å². The Balaban J connectivity index is 2.46. The van der Waals surface area contributed by atoms with Crippen LogP contribution < -0.4 is 0 Å². The van der Waals surface area contributed by atoms with Crippen LogP contribution in [0.3, 0.4) is 0 Å². The Morgan fingerprint density at radius 3 is 1.50 bits per heavy atom. The Morgan fingerprint density at radius 1 is 0.565 bits per heavy atom.